The molecule has 1 heterocycles. The fourth-order valence-corrected chi connectivity index (χ4v) is 3.02. The van der Waals surface area contributed by atoms with Gasteiger partial charge in [-0.1, -0.05) is 6.92 Å². The fourth-order valence-electron chi connectivity index (χ4n) is 1.65. The monoisotopic (exact) mass is 266 g/mol. The number of piperidine rings is 1. The quantitative estimate of drug-likeness (QED) is 0.591. The molecule has 0 aromatic heterocycles. The third-order valence-corrected chi connectivity index (χ3v) is 4.48. The summed E-state index contributed by atoms with van der Waals surface area (Å²) in [7, 11) is -3.82. The van der Waals surface area contributed by atoms with Crippen molar-refractivity contribution in [2.24, 2.45) is 5.92 Å². The minimum atomic E-state index is -3.82. The number of aliphatic carboxylic acids is 1. The third-order valence-electron chi connectivity index (χ3n) is 2.85. The number of carbonyl (C=O) groups is 1. The molecular weight excluding hydrogens is 248 g/mol. The van der Waals surface area contributed by atoms with E-state index in [2.05, 4.69) is 0 Å². The van der Waals surface area contributed by atoms with Crippen molar-refractivity contribution in [2.75, 3.05) is 19.7 Å². The number of hydrogen-bond donors (Lipinski definition) is 3. The van der Waals surface area contributed by atoms with Crippen LogP contribution in [0.2, 0.25) is 0 Å². The second-order valence-corrected chi connectivity index (χ2v) is 5.98. The lowest BCUT2D eigenvalue weighted by atomic mass is 10.0. The smallest absolute Gasteiger partial charge is 0.324 e. The van der Waals surface area contributed by atoms with Gasteiger partial charge in [-0.05, 0) is 18.8 Å². The molecule has 1 atom stereocenters. The van der Waals surface area contributed by atoms with Crippen LogP contribution in [0.3, 0.4) is 0 Å². The summed E-state index contributed by atoms with van der Waals surface area (Å²) in [6, 6.07) is -1.49. The van der Waals surface area contributed by atoms with Gasteiger partial charge in [-0.25, -0.2) is 0 Å². The zero-order valence-electron chi connectivity index (χ0n) is 9.66. The molecule has 0 spiro atoms. The Bertz CT molecular complexity index is 362. The Morgan fingerprint density at radius 1 is 1.47 bits per heavy atom. The van der Waals surface area contributed by atoms with Crippen LogP contribution in [0.4, 0.5) is 0 Å². The molecule has 0 bridgehead atoms. The van der Waals surface area contributed by atoms with E-state index >= 15 is 0 Å². The highest BCUT2D eigenvalue weighted by molar-refractivity contribution is 7.87. The summed E-state index contributed by atoms with van der Waals surface area (Å²) in [5.74, 6) is -0.906. The van der Waals surface area contributed by atoms with Gasteiger partial charge in [0.05, 0.1) is 6.61 Å². The van der Waals surface area contributed by atoms with E-state index in [1.807, 2.05) is 11.6 Å². The minimum absolute atomic E-state index is 0.383. The summed E-state index contributed by atoms with van der Waals surface area (Å²) in [4.78, 5) is 10.6. The first-order chi connectivity index (χ1) is 7.86. The van der Waals surface area contributed by atoms with E-state index < -0.39 is 28.8 Å². The third kappa shape index (κ3) is 3.91. The lowest BCUT2D eigenvalue weighted by Gasteiger charge is -2.30. The molecule has 0 radical (unpaired) electrons. The fraction of sp³-hybridized carbons (Fsp3) is 0.889. The van der Waals surface area contributed by atoms with Crippen LogP contribution < -0.4 is 4.72 Å². The largest absolute Gasteiger partial charge is 0.480 e. The van der Waals surface area contributed by atoms with Crippen LogP contribution in [0.1, 0.15) is 19.8 Å². The molecule has 3 N–H and O–H groups in total. The van der Waals surface area contributed by atoms with Crippen molar-refractivity contribution < 1.29 is 23.4 Å². The van der Waals surface area contributed by atoms with Crippen molar-refractivity contribution >= 4 is 16.2 Å². The maximum Gasteiger partial charge on any atom is 0.324 e. The molecule has 0 aromatic carbocycles. The lowest BCUT2D eigenvalue weighted by Crippen LogP contribution is -2.51. The average Bonchev–Trinajstić information content (AvgIpc) is 2.26. The summed E-state index contributed by atoms with van der Waals surface area (Å²) in [5.41, 5.74) is 0. The molecule has 1 rings (SSSR count). The Hall–Kier alpha value is -0.700. The molecule has 7 nitrogen and oxygen atoms in total. The second-order valence-electron chi connectivity index (χ2n) is 4.28. The molecule has 1 aliphatic rings. The number of aliphatic hydroxyl groups is 1. The van der Waals surface area contributed by atoms with Crippen molar-refractivity contribution in [3.05, 3.63) is 0 Å². The van der Waals surface area contributed by atoms with E-state index in [1.165, 1.54) is 4.31 Å². The van der Waals surface area contributed by atoms with Crippen LogP contribution in [0, 0.1) is 5.92 Å². The Morgan fingerprint density at radius 2 is 2.00 bits per heavy atom. The van der Waals surface area contributed by atoms with Crippen molar-refractivity contribution in [3.63, 3.8) is 0 Å². The highest BCUT2D eigenvalue weighted by Crippen LogP contribution is 2.18. The number of nitrogens with one attached hydrogen (secondary N) is 1. The predicted octanol–water partition coefficient (Wildman–Crippen LogP) is -1.00. The molecule has 1 aliphatic heterocycles. The molecule has 100 valence electrons. The summed E-state index contributed by atoms with van der Waals surface area (Å²) in [6.07, 6.45) is 1.52. The molecule has 8 heteroatoms. The SMILES string of the molecule is CC1CCN(S(=O)(=O)N[C@H](CO)C(=O)O)CC1. The maximum absolute atomic E-state index is 11.8. The van der Waals surface area contributed by atoms with Gasteiger partial charge in [0, 0.05) is 13.1 Å². The van der Waals surface area contributed by atoms with Crippen LogP contribution in [0.25, 0.3) is 0 Å². The minimum Gasteiger partial charge on any atom is -0.480 e. The van der Waals surface area contributed by atoms with Crippen LogP contribution in [0.15, 0.2) is 0 Å². The van der Waals surface area contributed by atoms with Gasteiger partial charge < -0.3 is 10.2 Å². The first-order valence-corrected chi connectivity index (χ1v) is 6.92. The van der Waals surface area contributed by atoms with Crippen LogP contribution in [0.5, 0.6) is 0 Å². The van der Waals surface area contributed by atoms with E-state index in [0.29, 0.717) is 19.0 Å². The molecule has 0 saturated carbocycles. The molecule has 1 fully saturated rings. The number of rotatable bonds is 5. The first kappa shape index (κ1) is 14.4. The van der Waals surface area contributed by atoms with E-state index in [1.54, 1.807) is 0 Å². The molecule has 17 heavy (non-hydrogen) atoms. The van der Waals surface area contributed by atoms with E-state index in [9.17, 15) is 13.2 Å². The summed E-state index contributed by atoms with van der Waals surface area (Å²) in [5, 5.41) is 17.4. The average molecular weight is 266 g/mol. The van der Waals surface area contributed by atoms with Gasteiger partial charge in [0.1, 0.15) is 6.04 Å². The molecule has 0 aliphatic carbocycles. The van der Waals surface area contributed by atoms with Gasteiger partial charge in [0.15, 0.2) is 0 Å². The summed E-state index contributed by atoms with van der Waals surface area (Å²) in [6.45, 7) is 2.05. The van der Waals surface area contributed by atoms with Gasteiger partial charge in [0.25, 0.3) is 10.2 Å². The number of carboxylic acids is 1. The second kappa shape index (κ2) is 5.76. The van der Waals surface area contributed by atoms with Crippen LogP contribution in [-0.4, -0.2) is 54.6 Å². The predicted molar refractivity (Wildman–Crippen MR) is 60.5 cm³/mol. The van der Waals surface area contributed by atoms with E-state index in [4.69, 9.17) is 10.2 Å². The van der Waals surface area contributed by atoms with Crippen molar-refractivity contribution in [2.45, 2.75) is 25.8 Å². The number of hydrogen-bond acceptors (Lipinski definition) is 4. The Balaban J connectivity index is 2.65. The molecule has 0 amide bonds. The summed E-state index contributed by atoms with van der Waals surface area (Å²) < 4.78 is 26.8. The van der Waals surface area contributed by atoms with Gasteiger partial charge in [0.2, 0.25) is 0 Å². The highest BCUT2D eigenvalue weighted by Gasteiger charge is 2.30. The molecule has 1 saturated heterocycles. The summed E-state index contributed by atoms with van der Waals surface area (Å²) >= 11 is 0. The Kier molecular flexibility index (Phi) is 4.87. The van der Waals surface area contributed by atoms with Crippen molar-refractivity contribution in [3.8, 4) is 0 Å². The van der Waals surface area contributed by atoms with Gasteiger partial charge in [-0.2, -0.15) is 17.4 Å². The van der Waals surface area contributed by atoms with E-state index in [0.717, 1.165) is 12.8 Å². The van der Waals surface area contributed by atoms with Crippen molar-refractivity contribution in [1.29, 1.82) is 0 Å². The van der Waals surface area contributed by atoms with E-state index in [-0.39, 0.29) is 0 Å². The molecule has 0 unspecified atom stereocenters. The van der Waals surface area contributed by atoms with Gasteiger partial charge in [-0.15, -0.1) is 0 Å². The Morgan fingerprint density at radius 3 is 2.41 bits per heavy atom. The standard InChI is InChI=1S/C9H18N2O5S/c1-7-2-4-11(5-3-7)17(15,16)10-8(6-12)9(13)14/h7-8,10,12H,2-6H2,1H3,(H,13,14)/t8-/m1/s1. The number of aliphatic hydroxyl groups excluding tert-OH is 1. The topological polar surface area (TPSA) is 107 Å². The lowest BCUT2D eigenvalue weighted by molar-refractivity contribution is -0.139. The normalized spacial score (nSPS) is 21.3. The zero-order valence-corrected chi connectivity index (χ0v) is 10.5. The van der Waals surface area contributed by atoms with Crippen LogP contribution in [-0.2, 0) is 15.0 Å². The number of carboxylic acid groups (broad SMARTS) is 1. The van der Waals surface area contributed by atoms with Crippen LogP contribution >= 0.6 is 0 Å². The number of nitrogens with zero attached hydrogens (tertiary/aromatic N) is 1. The van der Waals surface area contributed by atoms with Gasteiger partial charge in [-0.3, -0.25) is 4.79 Å². The van der Waals surface area contributed by atoms with Crippen molar-refractivity contribution in [1.82, 2.24) is 9.03 Å². The first-order valence-electron chi connectivity index (χ1n) is 5.48. The molecule has 0 aromatic rings. The molecular formula is C9H18N2O5S. The zero-order chi connectivity index (χ0) is 13.1. The van der Waals surface area contributed by atoms with Gasteiger partial charge >= 0.3 is 5.97 Å². The Labute approximate surface area is 101 Å². The highest BCUT2D eigenvalue weighted by atomic mass is 32.2. The maximum atomic E-state index is 11.8.